The molecule has 0 saturated heterocycles. The van der Waals surface area contributed by atoms with Crippen LogP contribution in [-0.4, -0.2) is 16.7 Å². The molecule has 1 atom stereocenters. The Morgan fingerprint density at radius 2 is 2.33 bits per heavy atom. The summed E-state index contributed by atoms with van der Waals surface area (Å²) in [5.74, 6) is 0.611. The van der Waals surface area contributed by atoms with Crippen molar-refractivity contribution in [1.82, 2.24) is 4.98 Å². The molecule has 2 aromatic rings. The molecule has 0 bridgehead atoms. The average molecular weight is 271 g/mol. The zero-order valence-corrected chi connectivity index (χ0v) is 9.78. The van der Waals surface area contributed by atoms with Crippen molar-refractivity contribution in [1.29, 1.82) is 0 Å². The van der Waals surface area contributed by atoms with Crippen LogP contribution in [0.3, 0.4) is 0 Å². The lowest BCUT2D eigenvalue weighted by atomic mass is 10.1. The van der Waals surface area contributed by atoms with Gasteiger partial charge in [0.25, 0.3) is 0 Å². The van der Waals surface area contributed by atoms with Crippen molar-refractivity contribution in [3.05, 3.63) is 28.1 Å². The van der Waals surface area contributed by atoms with E-state index in [1.165, 1.54) is 0 Å². The van der Waals surface area contributed by atoms with Crippen molar-refractivity contribution in [2.24, 2.45) is 5.73 Å². The third-order valence-corrected chi connectivity index (χ3v) is 2.79. The minimum absolute atomic E-state index is 0.0885. The summed E-state index contributed by atoms with van der Waals surface area (Å²) in [4.78, 5) is 4.22. The molecule has 1 unspecified atom stereocenters. The number of benzene rings is 1. The smallest absolute Gasteiger partial charge is 0.192 e. The minimum atomic E-state index is -0.386. The average Bonchev–Trinajstić information content (AvgIpc) is 2.58. The van der Waals surface area contributed by atoms with Crippen LogP contribution in [-0.2, 0) is 0 Å². The van der Waals surface area contributed by atoms with Gasteiger partial charge in [0.05, 0.1) is 17.1 Å². The Kier molecular flexibility index (Phi) is 2.77. The summed E-state index contributed by atoms with van der Waals surface area (Å²) in [6.45, 7) is 1.70. The number of hydrogen-bond acceptors (Lipinski definition) is 4. The topological polar surface area (TPSA) is 72.3 Å². The first kappa shape index (κ1) is 10.6. The van der Waals surface area contributed by atoms with Crippen LogP contribution >= 0.6 is 15.9 Å². The predicted molar refractivity (Wildman–Crippen MR) is 60.5 cm³/mol. The normalized spacial score (nSPS) is 13.3. The molecule has 5 heteroatoms. The fourth-order valence-corrected chi connectivity index (χ4v) is 1.99. The molecule has 3 N–H and O–H groups in total. The van der Waals surface area contributed by atoms with Crippen LogP contribution in [0.2, 0.25) is 0 Å². The van der Waals surface area contributed by atoms with E-state index in [0.29, 0.717) is 11.5 Å². The van der Waals surface area contributed by atoms with Crippen molar-refractivity contribution >= 4 is 27.0 Å². The fourth-order valence-electron chi connectivity index (χ4n) is 1.44. The van der Waals surface area contributed by atoms with Gasteiger partial charge >= 0.3 is 0 Å². The zero-order valence-electron chi connectivity index (χ0n) is 8.20. The second-order valence-corrected chi connectivity index (χ2v) is 4.23. The Morgan fingerprint density at radius 3 is 3.00 bits per heavy atom. The molecule has 80 valence electrons. The SMILES string of the molecule is Cc1nc2cc(C(N)CO)cc(Br)c2o1. The molecule has 0 aliphatic heterocycles. The van der Waals surface area contributed by atoms with Crippen LogP contribution in [0.5, 0.6) is 0 Å². The number of aliphatic hydroxyl groups is 1. The molecule has 0 fully saturated rings. The second-order valence-electron chi connectivity index (χ2n) is 3.37. The van der Waals surface area contributed by atoms with E-state index in [-0.39, 0.29) is 12.6 Å². The molecule has 1 heterocycles. The van der Waals surface area contributed by atoms with Crippen LogP contribution in [0.15, 0.2) is 21.0 Å². The van der Waals surface area contributed by atoms with E-state index in [0.717, 1.165) is 15.6 Å². The molecule has 0 spiro atoms. The zero-order chi connectivity index (χ0) is 11.0. The Labute approximate surface area is 95.2 Å². The van der Waals surface area contributed by atoms with Gasteiger partial charge in [0, 0.05) is 6.92 Å². The first-order chi connectivity index (χ1) is 7.11. The Balaban J connectivity index is 2.61. The van der Waals surface area contributed by atoms with Crippen molar-refractivity contribution < 1.29 is 9.52 Å². The third-order valence-electron chi connectivity index (χ3n) is 2.20. The summed E-state index contributed by atoms with van der Waals surface area (Å²) in [6, 6.07) is 3.29. The molecule has 1 aromatic carbocycles. The van der Waals surface area contributed by atoms with Crippen LogP contribution in [0.25, 0.3) is 11.1 Å². The third kappa shape index (κ3) is 1.90. The lowest BCUT2D eigenvalue weighted by Gasteiger charge is -2.08. The van der Waals surface area contributed by atoms with Crippen molar-refractivity contribution in [3.63, 3.8) is 0 Å². The molecule has 0 amide bonds. The van der Waals surface area contributed by atoms with Gasteiger partial charge in [-0.2, -0.15) is 0 Å². The first-order valence-electron chi connectivity index (χ1n) is 4.55. The van der Waals surface area contributed by atoms with Gasteiger partial charge in [-0.1, -0.05) is 0 Å². The van der Waals surface area contributed by atoms with E-state index in [1.54, 1.807) is 6.92 Å². The molecule has 4 nitrogen and oxygen atoms in total. The number of nitrogens with two attached hydrogens (primary N) is 1. The van der Waals surface area contributed by atoms with Gasteiger partial charge in [0.1, 0.15) is 5.52 Å². The molecule has 0 radical (unpaired) electrons. The number of oxazole rings is 1. The summed E-state index contributed by atoms with van der Waals surface area (Å²) >= 11 is 3.39. The van der Waals surface area contributed by atoms with Crippen molar-refractivity contribution in [2.45, 2.75) is 13.0 Å². The number of rotatable bonds is 2. The Bertz CT molecular complexity index is 495. The highest BCUT2D eigenvalue weighted by atomic mass is 79.9. The van der Waals surface area contributed by atoms with Crippen LogP contribution in [0.1, 0.15) is 17.5 Å². The number of halogens is 1. The van der Waals surface area contributed by atoms with E-state index >= 15 is 0 Å². The quantitative estimate of drug-likeness (QED) is 0.874. The molecular formula is C10H11BrN2O2. The summed E-state index contributed by atoms with van der Waals surface area (Å²) in [7, 11) is 0. The maximum absolute atomic E-state index is 8.97. The largest absolute Gasteiger partial charge is 0.440 e. The van der Waals surface area contributed by atoms with E-state index in [1.807, 2.05) is 12.1 Å². The lowest BCUT2D eigenvalue weighted by Crippen LogP contribution is -2.14. The Morgan fingerprint density at radius 1 is 1.60 bits per heavy atom. The van der Waals surface area contributed by atoms with E-state index in [2.05, 4.69) is 20.9 Å². The number of aryl methyl sites for hydroxylation is 1. The van der Waals surface area contributed by atoms with E-state index < -0.39 is 0 Å². The molecule has 0 aliphatic rings. The maximum Gasteiger partial charge on any atom is 0.192 e. The van der Waals surface area contributed by atoms with Gasteiger partial charge in [0.15, 0.2) is 11.5 Å². The highest BCUT2D eigenvalue weighted by Gasteiger charge is 2.12. The standard InChI is InChI=1S/C10H11BrN2O2/c1-5-13-9-3-6(8(12)4-14)2-7(11)10(9)15-5/h2-3,8,14H,4,12H2,1H3. The van der Waals surface area contributed by atoms with Crippen molar-refractivity contribution in [2.75, 3.05) is 6.61 Å². The fraction of sp³-hybridized carbons (Fsp3) is 0.300. The summed E-state index contributed by atoms with van der Waals surface area (Å²) in [5.41, 5.74) is 8.03. The molecule has 15 heavy (non-hydrogen) atoms. The van der Waals surface area contributed by atoms with Gasteiger partial charge in [-0.05, 0) is 33.6 Å². The number of aromatic nitrogens is 1. The van der Waals surface area contributed by atoms with E-state index in [4.69, 9.17) is 15.3 Å². The summed E-state index contributed by atoms with van der Waals surface area (Å²) in [6.07, 6.45) is 0. The van der Waals surface area contributed by atoms with E-state index in [9.17, 15) is 0 Å². The Hall–Kier alpha value is -0.910. The predicted octanol–water partition coefficient (Wildman–Crippen LogP) is 1.89. The molecule has 2 rings (SSSR count). The molecule has 0 aliphatic carbocycles. The molecular weight excluding hydrogens is 260 g/mol. The highest BCUT2D eigenvalue weighted by molar-refractivity contribution is 9.10. The highest BCUT2D eigenvalue weighted by Crippen LogP contribution is 2.28. The number of fused-ring (bicyclic) bond motifs is 1. The van der Waals surface area contributed by atoms with Gasteiger partial charge in [-0.25, -0.2) is 4.98 Å². The second kappa shape index (κ2) is 3.92. The number of hydrogen-bond donors (Lipinski definition) is 2. The summed E-state index contributed by atoms with van der Waals surface area (Å²) < 4.78 is 6.21. The van der Waals surface area contributed by atoms with Crippen LogP contribution in [0, 0.1) is 6.92 Å². The van der Waals surface area contributed by atoms with Crippen LogP contribution in [0.4, 0.5) is 0 Å². The van der Waals surface area contributed by atoms with Crippen LogP contribution < -0.4 is 5.73 Å². The van der Waals surface area contributed by atoms with Crippen molar-refractivity contribution in [3.8, 4) is 0 Å². The summed E-state index contributed by atoms with van der Waals surface area (Å²) in [5, 5.41) is 8.97. The van der Waals surface area contributed by atoms with Gasteiger partial charge in [0.2, 0.25) is 0 Å². The van der Waals surface area contributed by atoms with Gasteiger partial charge in [-0.15, -0.1) is 0 Å². The van der Waals surface area contributed by atoms with Gasteiger partial charge in [-0.3, -0.25) is 0 Å². The maximum atomic E-state index is 8.97. The lowest BCUT2D eigenvalue weighted by molar-refractivity contribution is 0.268. The minimum Gasteiger partial charge on any atom is -0.440 e. The first-order valence-corrected chi connectivity index (χ1v) is 5.34. The number of nitrogens with zero attached hydrogens (tertiary/aromatic N) is 1. The monoisotopic (exact) mass is 270 g/mol. The number of aliphatic hydroxyl groups excluding tert-OH is 1. The molecule has 0 saturated carbocycles. The van der Waals surface area contributed by atoms with Gasteiger partial charge < -0.3 is 15.3 Å². The molecule has 1 aromatic heterocycles.